The van der Waals surface area contributed by atoms with Crippen molar-refractivity contribution < 1.29 is 42.2 Å². The Morgan fingerprint density at radius 1 is 0.889 bits per heavy atom. The Bertz CT molecular complexity index is 780. The maximum Gasteiger partial charge on any atom is 0.408 e. The number of alkyl carbamates (subject to hydrolysis) is 1. The van der Waals surface area contributed by atoms with Crippen LogP contribution in [-0.2, 0) is 28.6 Å². The molecule has 1 saturated heterocycles. The summed E-state index contributed by atoms with van der Waals surface area (Å²) in [7, 11) is 0. The van der Waals surface area contributed by atoms with Crippen LogP contribution in [0.5, 0.6) is 0 Å². The Morgan fingerprint density at radius 3 is 1.81 bits per heavy atom. The predicted molar refractivity (Wildman–Crippen MR) is 127 cm³/mol. The first-order valence-electron chi connectivity index (χ1n) is 12.1. The molecule has 1 fully saturated rings. The second kappa shape index (κ2) is 13.3. The normalized spacial score (nSPS) is 20.0. The largest absolute Gasteiger partial charge is 0.444 e. The van der Waals surface area contributed by atoms with Gasteiger partial charge < -0.3 is 30.2 Å². The number of Topliss-reactive ketones (excluding diaryl/α,β-unsaturated/α-hetero) is 1. The van der Waals surface area contributed by atoms with Crippen LogP contribution in [0, 0.1) is 11.8 Å². The van der Waals surface area contributed by atoms with Gasteiger partial charge in [-0.3, -0.25) is 14.4 Å². The minimum Gasteiger partial charge on any atom is -0.444 e. The van der Waals surface area contributed by atoms with E-state index >= 15 is 0 Å². The number of halogens is 2. The summed E-state index contributed by atoms with van der Waals surface area (Å²) in [5.74, 6) is -1.99. The van der Waals surface area contributed by atoms with Crippen LogP contribution >= 0.6 is 0 Å². The lowest BCUT2D eigenvalue weighted by atomic mass is 9.93. The number of nitrogens with one attached hydrogen (secondary N) is 3. The summed E-state index contributed by atoms with van der Waals surface area (Å²) >= 11 is 0. The third-order valence-electron chi connectivity index (χ3n) is 5.18. The number of amides is 3. The lowest BCUT2D eigenvalue weighted by molar-refractivity contribution is -0.148. The maximum absolute atomic E-state index is 13.0. The Kier molecular flexibility index (Phi) is 11.7. The molecule has 12 heteroatoms. The molecular weight excluding hydrogens is 480 g/mol. The molecule has 0 aromatic heterocycles. The summed E-state index contributed by atoms with van der Waals surface area (Å²) in [6.45, 7) is 10.2. The summed E-state index contributed by atoms with van der Waals surface area (Å²) < 4.78 is 40.3. The third kappa shape index (κ3) is 11.6. The fraction of sp³-hybridized carbons (Fsp3) is 0.833. The predicted octanol–water partition coefficient (Wildman–Crippen LogP) is 2.54. The molecule has 3 N–H and O–H groups in total. The lowest BCUT2D eigenvalue weighted by Crippen LogP contribution is -2.58. The van der Waals surface area contributed by atoms with Crippen LogP contribution in [0.15, 0.2) is 0 Å². The molecule has 3 amide bonds. The Hall–Kier alpha value is -2.34. The van der Waals surface area contributed by atoms with E-state index in [0.29, 0.717) is 0 Å². The van der Waals surface area contributed by atoms with Crippen LogP contribution in [0.2, 0.25) is 0 Å². The second-order valence-corrected chi connectivity index (χ2v) is 11.1. The molecule has 0 aromatic rings. The molecule has 0 aliphatic carbocycles. The van der Waals surface area contributed by atoms with E-state index in [2.05, 4.69) is 20.7 Å². The molecular formula is C24H41F2N3O7. The second-order valence-electron chi connectivity index (χ2n) is 11.1. The highest BCUT2D eigenvalue weighted by atomic mass is 19.3. The van der Waals surface area contributed by atoms with Gasteiger partial charge in [0.15, 0.2) is 5.78 Å². The van der Waals surface area contributed by atoms with Crippen molar-refractivity contribution in [3.05, 3.63) is 0 Å². The molecule has 1 aliphatic heterocycles. The van der Waals surface area contributed by atoms with E-state index in [4.69, 9.17) is 9.47 Å². The number of carbonyl (C=O) groups excluding carboxylic acids is 4. The molecule has 0 spiro atoms. The number of ketones is 1. The molecule has 208 valence electrons. The minimum absolute atomic E-state index is 0.0282. The fourth-order valence-corrected chi connectivity index (χ4v) is 3.37. The monoisotopic (exact) mass is 521 g/mol. The number of rotatable bonds is 14. The fourth-order valence-electron chi connectivity index (χ4n) is 3.37. The molecule has 36 heavy (non-hydrogen) atoms. The van der Waals surface area contributed by atoms with E-state index in [1.807, 2.05) is 27.7 Å². The van der Waals surface area contributed by atoms with E-state index < -0.39 is 60.5 Å². The van der Waals surface area contributed by atoms with E-state index in [1.54, 1.807) is 27.7 Å². The van der Waals surface area contributed by atoms with Crippen molar-refractivity contribution in [3.8, 4) is 0 Å². The standard InChI is InChI=1S/C24H41F2N3O7/c1-13(2)9-15(18(30)24(8)12-35-24)27-20(32)17(11-34-21(25)26)28-19(31)16(10-14(3)4)29-22(33)36-23(5,6)7/h13-17,21H,9-12H2,1-8H3,(H,27,32)(H,28,31)(H,29,33)/t15-,16-,17-,24+/m0/s1. The smallest absolute Gasteiger partial charge is 0.408 e. The van der Waals surface area contributed by atoms with Crippen LogP contribution in [-0.4, -0.2) is 72.8 Å². The number of hydrogen-bond donors (Lipinski definition) is 3. The van der Waals surface area contributed by atoms with Crippen LogP contribution in [0.4, 0.5) is 13.6 Å². The first kappa shape index (κ1) is 31.7. The van der Waals surface area contributed by atoms with Gasteiger partial charge in [-0.25, -0.2) is 4.79 Å². The van der Waals surface area contributed by atoms with Gasteiger partial charge in [-0.1, -0.05) is 27.7 Å². The van der Waals surface area contributed by atoms with Crippen LogP contribution < -0.4 is 16.0 Å². The van der Waals surface area contributed by atoms with Gasteiger partial charge in [0, 0.05) is 0 Å². The lowest BCUT2D eigenvalue weighted by Gasteiger charge is -2.27. The number of alkyl halides is 2. The average molecular weight is 522 g/mol. The van der Waals surface area contributed by atoms with E-state index in [9.17, 15) is 28.0 Å². The van der Waals surface area contributed by atoms with Gasteiger partial charge in [0.1, 0.15) is 23.3 Å². The average Bonchev–Trinajstić information content (AvgIpc) is 3.45. The molecule has 1 rings (SSSR count). The number of hydrogen-bond acceptors (Lipinski definition) is 7. The van der Waals surface area contributed by atoms with Gasteiger partial charge in [0.25, 0.3) is 0 Å². The minimum atomic E-state index is -3.18. The highest BCUT2D eigenvalue weighted by molar-refractivity contribution is 5.98. The van der Waals surface area contributed by atoms with E-state index in [0.717, 1.165) is 0 Å². The zero-order valence-electron chi connectivity index (χ0n) is 22.4. The molecule has 4 atom stereocenters. The summed E-state index contributed by atoms with van der Waals surface area (Å²) in [5, 5.41) is 7.39. The van der Waals surface area contributed by atoms with Crippen molar-refractivity contribution in [1.29, 1.82) is 0 Å². The van der Waals surface area contributed by atoms with Gasteiger partial charge in [0.2, 0.25) is 11.8 Å². The van der Waals surface area contributed by atoms with Crippen molar-refractivity contribution in [2.24, 2.45) is 11.8 Å². The number of epoxide rings is 1. The highest BCUT2D eigenvalue weighted by Gasteiger charge is 2.50. The quantitative estimate of drug-likeness (QED) is 0.299. The Morgan fingerprint density at radius 2 is 1.36 bits per heavy atom. The van der Waals surface area contributed by atoms with Crippen molar-refractivity contribution in [2.45, 2.75) is 104 Å². The summed E-state index contributed by atoms with van der Waals surface area (Å²) in [4.78, 5) is 51.1. The molecule has 1 heterocycles. The van der Waals surface area contributed by atoms with Gasteiger partial charge in [-0.15, -0.1) is 0 Å². The first-order valence-corrected chi connectivity index (χ1v) is 12.1. The van der Waals surface area contributed by atoms with Crippen LogP contribution in [0.1, 0.15) is 68.2 Å². The number of ether oxygens (including phenoxy) is 3. The molecule has 10 nitrogen and oxygen atoms in total. The van der Waals surface area contributed by atoms with Gasteiger partial charge in [-0.2, -0.15) is 8.78 Å². The number of carbonyl (C=O) groups is 4. The van der Waals surface area contributed by atoms with Gasteiger partial charge in [0.05, 0.1) is 19.3 Å². The van der Waals surface area contributed by atoms with Gasteiger partial charge in [-0.05, 0) is 52.4 Å². The molecule has 0 aromatic carbocycles. The summed E-state index contributed by atoms with van der Waals surface area (Å²) in [6, 6.07) is -3.59. The summed E-state index contributed by atoms with van der Waals surface area (Å²) in [6.07, 6.45) is -0.358. The Balaban J connectivity index is 3.03. The maximum atomic E-state index is 13.0. The topological polar surface area (TPSA) is 135 Å². The van der Waals surface area contributed by atoms with Crippen molar-refractivity contribution >= 4 is 23.7 Å². The van der Waals surface area contributed by atoms with Crippen molar-refractivity contribution in [1.82, 2.24) is 16.0 Å². The van der Waals surface area contributed by atoms with Gasteiger partial charge >= 0.3 is 12.7 Å². The SMILES string of the molecule is CC(C)C[C@H](NC(=O)OC(C)(C)C)C(=O)N[C@@H](COC(F)F)C(=O)N[C@@H](CC(C)C)C(=O)[C@@]1(C)CO1. The third-order valence-corrected chi connectivity index (χ3v) is 5.18. The van der Waals surface area contributed by atoms with Crippen molar-refractivity contribution in [2.75, 3.05) is 13.2 Å². The molecule has 1 aliphatic rings. The van der Waals surface area contributed by atoms with Crippen LogP contribution in [0.25, 0.3) is 0 Å². The Labute approximate surface area is 211 Å². The highest BCUT2D eigenvalue weighted by Crippen LogP contribution is 2.29. The molecule has 0 radical (unpaired) electrons. The van der Waals surface area contributed by atoms with E-state index in [-0.39, 0.29) is 37.1 Å². The zero-order valence-corrected chi connectivity index (χ0v) is 22.4. The summed E-state index contributed by atoms with van der Waals surface area (Å²) in [5.41, 5.74) is -1.82. The molecule has 0 unspecified atom stereocenters. The van der Waals surface area contributed by atoms with E-state index in [1.165, 1.54) is 0 Å². The first-order chi connectivity index (χ1) is 16.4. The van der Waals surface area contributed by atoms with Crippen molar-refractivity contribution in [3.63, 3.8) is 0 Å². The molecule has 0 saturated carbocycles. The molecule has 0 bridgehead atoms. The van der Waals surface area contributed by atoms with Crippen LogP contribution in [0.3, 0.4) is 0 Å². The zero-order chi connectivity index (χ0) is 27.8.